The first kappa shape index (κ1) is 31.8. The second-order valence-corrected chi connectivity index (χ2v) is 6.24. The summed E-state index contributed by atoms with van der Waals surface area (Å²) in [6.07, 6.45) is -0.167. The third-order valence-corrected chi connectivity index (χ3v) is 3.71. The molecule has 1 aromatic rings. The van der Waals surface area contributed by atoms with Gasteiger partial charge in [-0.25, -0.2) is 0 Å². The molecule has 2 rings (SSSR count). The third-order valence-electron chi connectivity index (χ3n) is 3.71. The first-order chi connectivity index (χ1) is 12.5. The number of piperazine rings is 1. The number of hydrogen-bond donors (Lipinski definition) is 1. The summed E-state index contributed by atoms with van der Waals surface area (Å²) < 4.78 is 0. The minimum Gasteiger partial charge on any atom is -0.664 e. The van der Waals surface area contributed by atoms with Crippen LogP contribution in [0, 0.1) is 0 Å². The van der Waals surface area contributed by atoms with E-state index in [4.69, 9.17) is 5.11 Å². The average molecular weight is 456 g/mol. The second kappa shape index (κ2) is 22.5. The maximum Gasteiger partial charge on any atom is 0.0483 e. The third kappa shape index (κ3) is 18.0. The van der Waals surface area contributed by atoms with Gasteiger partial charge in [0, 0.05) is 71.0 Å². The maximum absolute atomic E-state index is 8.06. The van der Waals surface area contributed by atoms with Crippen molar-refractivity contribution in [2.24, 2.45) is 0 Å². The summed E-state index contributed by atoms with van der Waals surface area (Å²) in [7, 11) is 1.90. The molecule has 1 aromatic carbocycles. The molecule has 1 N–H and O–H groups in total. The zero-order valence-corrected chi connectivity index (χ0v) is 22.0. The van der Waals surface area contributed by atoms with Crippen molar-refractivity contribution in [1.82, 2.24) is 9.80 Å². The Balaban J connectivity index is -0.000000557. The largest absolute Gasteiger partial charge is 0.664 e. The maximum atomic E-state index is 8.06. The summed E-state index contributed by atoms with van der Waals surface area (Å²) in [5.41, 5.74) is 1.42. The van der Waals surface area contributed by atoms with Crippen molar-refractivity contribution in [2.45, 2.75) is 67.2 Å². The van der Waals surface area contributed by atoms with Gasteiger partial charge in [-0.05, 0) is 32.9 Å². The van der Waals surface area contributed by atoms with E-state index in [-0.39, 0.29) is 38.8 Å². The molecular weight excluding hydrogens is 411 g/mol. The van der Waals surface area contributed by atoms with Gasteiger partial charge < -0.3 is 10.4 Å². The topological polar surface area (TPSA) is 40.8 Å². The summed E-state index contributed by atoms with van der Waals surface area (Å²) in [5.74, 6) is 0. The number of aliphatic hydroxyl groups excluding tert-OH is 1. The fourth-order valence-electron chi connectivity index (χ4n) is 2.62. The molecule has 0 spiro atoms. The molecule has 0 saturated carbocycles. The van der Waals surface area contributed by atoms with Gasteiger partial charge >= 0.3 is 0 Å². The van der Waals surface area contributed by atoms with Crippen molar-refractivity contribution < 1.29 is 37.8 Å². The monoisotopic (exact) mass is 455 g/mol. The Labute approximate surface area is 195 Å². The van der Waals surface area contributed by atoms with Crippen molar-refractivity contribution in [3.8, 4) is 0 Å². The van der Waals surface area contributed by atoms with Crippen LogP contribution in [0.5, 0.6) is 0 Å². The summed E-state index contributed by atoms with van der Waals surface area (Å²) >= 11 is 0. The molecule has 4 nitrogen and oxygen atoms in total. The van der Waals surface area contributed by atoms with Crippen LogP contribution >= 0.6 is 0 Å². The van der Waals surface area contributed by atoms with E-state index in [1.165, 1.54) is 25.2 Å². The molecule has 5 heteroatoms. The van der Waals surface area contributed by atoms with Gasteiger partial charge in [0.25, 0.3) is 0 Å². The number of rotatable bonds is 5. The van der Waals surface area contributed by atoms with E-state index in [9.17, 15) is 0 Å². The van der Waals surface area contributed by atoms with Crippen LogP contribution in [-0.4, -0.2) is 66.8 Å². The van der Waals surface area contributed by atoms with Gasteiger partial charge in [-0.2, -0.15) is 7.05 Å². The Kier molecular flexibility index (Phi) is 26.5. The Morgan fingerprint density at radius 1 is 1.07 bits per heavy atom. The molecule has 0 amide bonds. The summed E-state index contributed by atoms with van der Waals surface area (Å²) in [6, 6.07) is 11.4. The van der Waals surface area contributed by atoms with Gasteiger partial charge in [-0.15, -0.1) is 6.54 Å². The second-order valence-electron chi connectivity index (χ2n) is 6.24. The predicted molar refractivity (Wildman–Crippen MR) is 117 cm³/mol. The van der Waals surface area contributed by atoms with Crippen LogP contribution in [0.15, 0.2) is 30.3 Å². The molecule has 1 atom stereocenters. The molecule has 0 aromatic heterocycles. The molecule has 1 aliphatic heterocycles. The van der Waals surface area contributed by atoms with Crippen molar-refractivity contribution in [3.63, 3.8) is 0 Å². The van der Waals surface area contributed by atoms with Crippen molar-refractivity contribution in [2.75, 3.05) is 39.8 Å². The molecule has 1 heterocycles. The number of aliphatic hydroxyl groups is 1. The van der Waals surface area contributed by atoms with E-state index in [0.717, 1.165) is 19.6 Å². The number of likely N-dealkylation sites (N-methyl/N-ethyl adjacent to an activating group) is 1. The van der Waals surface area contributed by atoms with E-state index in [0.29, 0.717) is 6.04 Å². The quantitative estimate of drug-likeness (QED) is 0.704. The zero-order chi connectivity index (χ0) is 20.4. The van der Waals surface area contributed by atoms with Crippen LogP contribution in [-0.2, 0) is 39.3 Å². The molecule has 1 fully saturated rings. The summed E-state index contributed by atoms with van der Waals surface area (Å²) in [6.45, 7) is 20.4. The van der Waals surface area contributed by atoms with Crippen molar-refractivity contribution in [1.29, 1.82) is 0 Å². The molecule has 27 heavy (non-hydrogen) atoms. The van der Waals surface area contributed by atoms with Crippen LogP contribution in [0.2, 0.25) is 0 Å². The van der Waals surface area contributed by atoms with Gasteiger partial charge in [0.05, 0.1) is 0 Å². The van der Waals surface area contributed by atoms with E-state index in [2.05, 4.69) is 52.4 Å². The zero-order valence-electron chi connectivity index (χ0n) is 19.2. The van der Waals surface area contributed by atoms with Crippen molar-refractivity contribution in [3.05, 3.63) is 41.2 Å². The van der Waals surface area contributed by atoms with E-state index < -0.39 is 0 Å². The molecule has 157 valence electrons. The van der Waals surface area contributed by atoms with Crippen LogP contribution < -0.4 is 0 Å². The van der Waals surface area contributed by atoms with E-state index in [1.807, 2.05) is 34.7 Å². The molecule has 0 bridgehead atoms. The Hall–Kier alpha value is 0.164. The summed E-state index contributed by atoms with van der Waals surface area (Å²) in [5, 5.41) is 12.3. The van der Waals surface area contributed by atoms with Gasteiger partial charge in [0.1, 0.15) is 0 Å². The van der Waals surface area contributed by atoms with Gasteiger partial charge in [-0.3, -0.25) is 9.80 Å². The predicted octanol–water partition coefficient (Wildman–Crippen LogP) is 4.63. The molecule has 0 aliphatic carbocycles. The van der Waals surface area contributed by atoms with Crippen LogP contribution in [0.1, 0.15) is 54.0 Å². The first-order valence-corrected chi connectivity index (χ1v) is 10.3. The minimum absolute atomic E-state index is 0. The fraction of sp³-hybridized carbons (Fsp3) is 0.727. The van der Waals surface area contributed by atoms with E-state index in [1.54, 1.807) is 13.8 Å². The van der Waals surface area contributed by atoms with Crippen molar-refractivity contribution >= 4 is 0 Å². The molecule has 0 unspecified atom stereocenters. The number of benzene rings is 1. The number of nitrogens with zero attached hydrogens (tertiary/aromatic N) is 3. The summed E-state index contributed by atoms with van der Waals surface area (Å²) in [4.78, 5) is 5.11. The smallest absolute Gasteiger partial charge is 0.0483 e. The fourth-order valence-corrected chi connectivity index (χ4v) is 2.62. The van der Waals surface area contributed by atoms with Gasteiger partial charge in [0.15, 0.2) is 0 Å². The minimum atomic E-state index is -0.167. The average Bonchev–Trinajstić information content (AvgIpc) is 2.65. The molecule has 1 aliphatic rings. The Morgan fingerprint density at radius 2 is 1.59 bits per heavy atom. The molecule has 1 saturated heterocycles. The van der Waals surface area contributed by atoms with Gasteiger partial charge in [-0.1, -0.05) is 58.0 Å². The SMILES string of the molecule is CC.CC.CC(C)O.C[N-]CCN1CCN(Cc2ccccc2)C[C@H]1C.[Y]. The normalized spacial score (nSPS) is 16.6. The number of hydrogen-bond acceptors (Lipinski definition) is 3. The van der Waals surface area contributed by atoms with E-state index >= 15 is 0 Å². The van der Waals surface area contributed by atoms with Crippen LogP contribution in [0.4, 0.5) is 0 Å². The first-order valence-electron chi connectivity index (χ1n) is 10.3. The Morgan fingerprint density at radius 3 is 2.04 bits per heavy atom. The molecule has 1 radical (unpaired) electrons. The van der Waals surface area contributed by atoms with Gasteiger partial charge in [0.2, 0.25) is 0 Å². The standard InChI is InChI=1S/C15H24N3.C3H8O.2C2H6.Y/c1-14-12-17(10-11-18(14)9-8-16-2)13-15-6-4-3-5-7-15;1-3(2)4;2*1-2;/h3-7,14H,8-13H2,1-2H3;3-4H,1-2H3;2*1-2H3;/q-1;;;;/t14-;;;;/m1..../s1. The van der Waals surface area contributed by atoms with Crippen LogP contribution in [0.25, 0.3) is 5.32 Å². The molecular formula is C22H44N3OY-. The Bertz CT molecular complexity index is 388. The van der Waals surface area contributed by atoms with Crippen LogP contribution in [0.3, 0.4) is 0 Å².